The van der Waals surface area contributed by atoms with Gasteiger partial charge in [0.1, 0.15) is 11.5 Å². The maximum Gasteiger partial charge on any atom is 0.209 e. The van der Waals surface area contributed by atoms with E-state index in [1.54, 1.807) is 47.8 Å². The van der Waals surface area contributed by atoms with Gasteiger partial charge in [-0.3, -0.25) is 0 Å². The van der Waals surface area contributed by atoms with E-state index in [-0.39, 0.29) is 39.2 Å². The zero-order valence-electron chi connectivity index (χ0n) is 55.2. The first-order valence-electron chi connectivity index (χ1n) is 33.8. The van der Waals surface area contributed by atoms with Crippen molar-refractivity contribution < 1.29 is 43.1 Å². The predicted molar refractivity (Wildman–Crippen MR) is 399 cm³/mol. The molecular weight excluding hydrogens is 1350 g/mol. The molecule has 10 nitrogen and oxygen atoms in total. The summed E-state index contributed by atoms with van der Waals surface area (Å²) in [6.45, 7) is 13.6. The zero-order chi connectivity index (χ0) is 65.8. The molecule has 20 heteroatoms. The quantitative estimate of drug-likeness (QED) is 0.0271. The third-order valence-electron chi connectivity index (χ3n) is 17.6. The Bertz CT molecular complexity index is 3900. The van der Waals surface area contributed by atoms with Crippen molar-refractivity contribution in [2.24, 2.45) is 0 Å². The van der Waals surface area contributed by atoms with Crippen molar-refractivity contribution >= 4 is 148 Å². The molecule has 0 bridgehead atoms. The maximum absolute atomic E-state index is 15.9. The SMILES string of the molecule is CCCCCCOc1c2cc(C3=C(CCCCCC)C=C(C4=CC(CCCCCC)=C(c5ccc(SC)s5)S4(=O)=O)S3(=O)=O)sc2c(OCCCCCC)c2cc(C3=C(CCCCCC)C=C(C4=CC(CCCCCC)=C(c5ccc(SC)s5)S4(=O)=O)S3(=O)=O)sc12. The summed E-state index contributed by atoms with van der Waals surface area (Å²) in [5, 5.41) is 1.26. The smallest absolute Gasteiger partial charge is 0.209 e. The van der Waals surface area contributed by atoms with Crippen LogP contribution in [0.15, 0.2) is 111 Å². The number of ether oxygens (including phenoxy) is 2. The van der Waals surface area contributed by atoms with Crippen molar-refractivity contribution in [3.63, 3.8) is 0 Å². The number of rotatable bonds is 40. The number of hydrogen-bond donors (Lipinski definition) is 0. The van der Waals surface area contributed by atoms with E-state index in [2.05, 4.69) is 41.5 Å². The lowest BCUT2D eigenvalue weighted by molar-refractivity contribution is 0.307. The van der Waals surface area contributed by atoms with Crippen LogP contribution in [0.1, 0.15) is 241 Å². The standard InChI is InChI=1S/C72H94O10S10/c1-9-15-21-27-33-49-43-59(89(73,74)69(49)55-37-39-63(83-7)85-55)61-45-51(35-29-23-17-11-3)71(91(61,77)78)57-47-53-65(81-41-31-25-19-13-5)68-54(66(67(53)87-57)82-42-32-26-20-14-6)48-58(88-68)72-52(36-30-24-18-12-4)46-62(92(72,79)80)60-44-50(34-28-22-16-10-2)70(90(60,75)76)56-38-40-64(84-8)86-56/h37-40,43-48H,9-36,41-42H2,1-8H3. The molecule has 92 heavy (non-hydrogen) atoms. The number of fused-ring (bicyclic) bond motifs is 2. The third-order valence-corrected chi connectivity index (χ3v) is 32.8. The first-order valence-corrected chi connectivity index (χ1v) is 45.4. The number of hydrogen-bond acceptors (Lipinski definition) is 16. The van der Waals surface area contributed by atoms with Crippen molar-refractivity contribution in [2.75, 3.05) is 25.7 Å². The Morgan fingerprint density at radius 1 is 0.337 bits per heavy atom. The summed E-state index contributed by atoms with van der Waals surface area (Å²) in [5.41, 5.74) is 2.44. The lowest BCUT2D eigenvalue weighted by Crippen LogP contribution is -2.11. The zero-order valence-corrected chi connectivity index (χ0v) is 63.3. The second kappa shape index (κ2) is 33.2. The monoisotopic (exact) mass is 1440 g/mol. The van der Waals surface area contributed by atoms with Gasteiger partial charge in [-0.25, -0.2) is 33.7 Å². The highest BCUT2D eigenvalue weighted by Crippen LogP contribution is 2.58. The van der Waals surface area contributed by atoms with Crippen LogP contribution in [0.2, 0.25) is 0 Å². The second-order valence-corrected chi connectivity index (χ2v) is 38.4. The lowest BCUT2D eigenvalue weighted by Gasteiger charge is -2.13. The lowest BCUT2D eigenvalue weighted by atomic mass is 10.0. The molecule has 8 heterocycles. The fourth-order valence-electron chi connectivity index (χ4n) is 12.7. The summed E-state index contributed by atoms with van der Waals surface area (Å²) in [6, 6.07) is 11.3. The number of sulfone groups is 4. The van der Waals surface area contributed by atoms with Crippen LogP contribution in [0.3, 0.4) is 0 Å². The summed E-state index contributed by atoms with van der Waals surface area (Å²) in [5.74, 6) is 0.995. The minimum Gasteiger partial charge on any atom is -0.491 e. The van der Waals surface area contributed by atoms with Crippen LogP contribution in [0.4, 0.5) is 0 Å². The third kappa shape index (κ3) is 15.8. The van der Waals surface area contributed by atoms with Gasteiger partial charge in [0.05, 0.1) is 70.3 Å². The van der Waals surface area contributed by atoms with E-state index in [9.17, 15) is 0 Å². The number of thioether (sulfide) groups is 2. The molecule has 9 rings (SSSR count). The molecule has 502 valence electrons. The molecule has 4 aliphatic rings. The molecule has 0 amide bonds. The Labute approximate surface area is 575 Å². The Hall–Kier alpha value is -3.44. The van der Waals surface area contributed by atoms with Gasteiger partial charge in [0, 0.05) is 30.3 Å². The van der Waals surface area contributed by atoms with Crippen LogP contribution in [-0.2, 0) is 39.3 Å². The van der Waals surface area contributed by atoms with Crippen molar-refractivity contribution in [3.05, 3.63) is 122 Å². The number of unbranched alkanes of at least 4 members (excludes halogenated alkanes) is 18. The van der Waals surface area contributed by atoms with Gasteiger partial charge in [-0.2, -0.15) is 0 Å². The second-order valence-electron chi connectivity index (χ2n) is 24.5. The Morgan fingerprint density at radius 2 is 0.609 bits per heavy atom. The van der Waals surface area contributed by atoms with Crippen molar-refractivity contribution in [3.8, 4) is 11.5 Å². The van der Waals surface area contributed by atoms with Gasteiger partial charge in [-0.05, 0) is 160 Å². The van der Waals surface area contributed by atoms with Crippen molar-refractivity contribution in [2.45, 2.75) is 230 Å². The minimum absolute atomic E-state index is 0.0992. The van der Waals surface area contributed by atoms with Crippen molar-refractivity contribution in [1.82, 2.24) is 0 Å². The van der Waals surface area contributed by atoms with Crippen LogP contribution in [0.5, 0.6) is 11.5 Å². The summed E-state index contributed by atoms with van der Waals surface area (Å²) in [6.07, 6.45) is 34.4. The minimum atomic E-state index is -4.48. The van der Waals surface area contributed by atoms with E-state index in [0.717, 1.165) is 150 Å². The summed E-state index contributed by atoms with van der Waals surface area (Å²) >= 11 is 8.51. The van der Waals surface area contributed by atoms with Gasteiger partial charge in [0.25, 0.3) is 0 Å². The maximum atomic E-state index is 15.9. The highest BCUT2D eigenvalue weighted by Gasteiger charge is 2.47. The van der Waals surface area contributed by atoms with E-state index in [4.69, 9.17) is 9.47 Å². The van der Waals surface area contributed by atoms with E-state index >= 15 is 33.7 Å². The summed E-state index contributed by atoms with van der Waals surface area (Å²) in [4.78, 5) is 2.00. The van der Waals surface area contributed by atoms with E-state index in [1.165, 1.54) is 45.3 Å². The van der Waals surface area contributed by atoms with Gasteiger partial charge in [0.15, 0.2) is 0 Å². The molecule has 0 saturated heterocycles. The molecule has 4 aliphatic heterocycles. The molecular formula is C72H94O10S10. The average Bonchev–Trinajstić information content (AvgIpc) is 1.57. The van der Waals surface area contributed by atoms with Gasteiger partial charge in [0.2, 0.25) is 39.3 Å². The van der Waals surface area contributed by atoms with Gasteiger partial charge in [-0.15, -0.1) is 68.9 Å². The predicted octanol–water partition coefficient (Wildman–Crippen LogP) is 23.0. The van der Waals surface area contributed by atoms with E-state index in [1.807, 2.05) is 48.9 Å². The molecule has 4 aromatic heterocycles. The van der Waals surface area contributed by atoms with Crippen LogP contribution in [-0.4, -0.2) is 59.4 Å². The fourth-order valence-corrected chi connectivity index (χ4v) is 27.9. The first kappa shape index (κ1) is 72.8. The highest BCUT2D eigenvalue weighted by atomic mass is 32.2. The molecule has 0 unspecified atom stereocenters. The molecule has 0 saturated carbocycles. The molecule has 0 aliphatic carbocycles. The Kier molecular flexibility index (Phi) is 26.3. The molecule has 0 atom stereocenters. The van der Waals surface area contributed by atoms with Gasteiger partial charge in [-0.1, -0.05) is 157 Å². The van der Waals surface area contributed by atoms with Crippen LogP contribution < -0.4 is 9.47 Å². The normalized spacial score (nSPS) is 17.6. The topological polar surface area (TPSA) is 155 Å². The number of benzene rings is 1. The van der Waals surface area contributed by atoms with E-state index in [0.29, 0.717) is 125 Å². The summed E-state index contributed by atoms with van der Waals surface area (Å²) < 4.78 is 142. The molecule has 5 aromatic rings. The number of allylic oxidation sites excluding steroid dienone is 8. The average molecular weight is 1440 g/mol. The largest absolute Gasteiger partial charge is 0.491 e. The van der Waals surface area contributed by atoms with Gasteiger partial charge < -0.3 is 9.47 Å². The Morgan fingerprint density at radius 3 is 0.870 bits per heavy atom. The molecule has 0 spiro atoms. The van der Waals surface area contributed by atoms with Crippen LogP contribution >= 0.6 is 68.9 Å². The van der Waals surface area contributed by atoms with Crippen LogP contribution in [0.25, 0.3) is 39.8 Å². The summed E-state index contributed by atoms with van der Waals surface area (Å²) in [7, 11) is -17.5. The van der Waals surface area contributed by atoms with Crippen LogP contribution in [0, 0.1) is 0 Å². The first-order chi connectivity index (χ1) is 44.4. The Balaban J connectivity index is 1.20. The molecule has 1 aromatic carbocycles. The number of thiophene rings is 4. The molecule has 0 N–H and O–H groups in total. The highest BCUT2D eigenvalue weighted by molar-refractivity contribution is 8.10. The van der Waals surface area contributed by atoms with E-state index < -0.39 is 39.3 Å². The van der Waals surface area contributed by atoms with Crippen molar-refractivity contribution in [1.29, 1.82) is 0 Å². The molecule has 0 radical (unpaired) electrons. The molecule has 0 fully saturated rings. The fraction of sp³-hybridized carbons (Fsp3) is 0.528. The van der Waals surface area contributed by atoms with Gasteiger partial charge >= 0.3 is 0 Å².